The summed E-state index contributed by atoms with van der Waals surface area (Å²) in [5, 5.41) is 3.34. The molecule has 2 amide bonds. The fourth-order valence-corrected chi connectivity index (χ4v) is 5.14. The van der Waals surface area contributed by atoms with Gasteiger partial charge in [-0.3, -0.25) is 9.59 Å². The first kappa shape index (κ1) is 22.6. The zero-order chi connectivity index (χ0) is 22.7. The molecular formula is C27H37N3O2. The van der Waals surface area contributed by atoms with Gasteiger partial charge in [-0.25, -0.2) is 0 Å². The first-order valence-corrected chi connectivity index (χ1v) is 12.3. The maximum Gasteiger partial charge on any atom is 0.271 e. The summed E-state index contributed by atoms with van der Waals surface area (Å²) in [4.78, 5) is 29.3. The topological polar surface area (TPSA) is 54.3 Å². The van der Waals surface area contributed by atoms with Crippen molar-refractivity contribution in [3.63, 3.8) is 0 Å². The van der Waals surface area contributed by atoms with Crippen LogP contribution in [0.4, 0.5) is 0 Å². The van der Waals surface area contributed by atoms with Gasteiger partial charge < -0.3 is 14.8 Å². The van der Waals surface area contributed by atoms with Gasteiger partial charge in [0.15, 0.2) is 0 Å². The third kappa shape index (κ3) is 4.48. The average Bonchev–Trinajstić information content (AvgIpc) is 3.02. The maximum absolute atomic E-state index is 13.8. The number of amides is 2. The highest BCUT2D eigenvalue weighted by Crippen LogP contribution is 2.34. The number of nitrogens with one attached hydrogen (secondary N) is 1. The van der Waals surface area contributed by atoms with Crippen molar-refractivity contribution in [2.45, 2.75) is 83.8 Å². The molecule has 1 saturated carbocycles. The monoisotopic (exact) mass is 435 g/mol. The smallest absolute Gasteiger partial charge is 0.271 e. The molecule has 1 N–H and O–H groups in total. The molecule has 1 aliphatic carbocycles. The average molecular weight is 436 g/mol. The van der Waals surface area contributed by atoms with E-state index in [2.05, 4.69) is 35.9 Å². The molecule has 1 unspecified atom stereocenters. The molecule has 0 spiro atoms. The lowest BCUT2D eigenvalue weighted by Gasteiger charge is -2.45. The summed E-state index contributed by atoms with van der Waals surface area (Å²) in [5.41, 5.74) is 1.82. The molecule has 172 valence electrons. The zero-order valence-electron chi connectivity index (χ0n) is 19.8. The predicted molar refractivity (Wildman–Crippen MR) is 128 cm³/mol. The van der Waals surface area contributed by atoms with Gasteiger partial charge >= 0.3 is 0 Å². The largest absolute Gasteiger partial charge is 0.351 e. The van der Waals surface area contributed by atoms with E-state index in [0.29, 0.717) is 24.7 Å². The number of nitrogens with zero attached hydrogens (tertiary/aromatic N) is 2. The van der Waals surface area contributed by atoms with Crippen molar-refractivity contribution in [1.29, 1.82) is 0 Å². The minimum absolute atomic E-state index is 0.0140. The van der Waals surface area contributed by atoms with E-state index in [1.807, 2.05) is 42.2 Å². The molecule has 1 fully saturated rings. The zero-order valence-corrected chi connectivity index (χ0v) is 19.8. The van der Waals surface area contributed by atoms with Crippen LogP contribution in [0.5, 0.6) is 0 Å². The molecule has 2 aliphatic rings. The Morgan fingerprint density at radius 3 is 2.34 bits per heavy atom. The molecule has 32 heavy (non-hydrogen) atoms. The van der Waals surface area contributed by atoms with Crippen LogP contribution in [0.1, 0.15) is 76.2 Å². The van der Waals surface area contributed by atoms with E-state index in [4.69, 9.17) is 0 Å². The second kappa shape index (κ2) is 9.51. The number of aromatic nitrogens is 1. The van der Waals surface area contributed by atoms with E-state index < -0.39 is 5.54 Å². The minimum atomic E-state index is -0.909. The van der Waals surface area contributed by atoms with Crippen LogP contribution in [0.3, 0.4) is 0 Å². The Balaban J connectivity index is 1.68. The second-order valence-electron chi connectivity index (χ2n) is 10.1. The maximum atomic E-state index is 13.8. The van der Waals surface area contributed by atoms with Crippen LogP contribution in [0, 0.1) is 5.92 Å². The van der Waals surface area contributed by atoms with Crippen molar-refractivity contribution in [1.82, 2.24) is 14.8 Å². The van der Waals surface area contributed by atoms with E-state index in [-0.39, 0.29) is 17.9 Å². The molecule has 1 aromatic heterocycles. The molecule has 5 heteroatoms. The Morgan fingerprint density at radius 2 is 1.69 bits per heavy atom. The summed E-state index contributed by atoms with van der Waals surface area (Å²) >= 11 is 0. The summed E-state index contributed by atoms with van der Waals surface area (Å²) in [6.45, 7) is 7.34. The lowest BCUT2D eigenvalue weighted by Crippen LogP contribution is -2.65. The van der Waals surface area contributed by atoms with E-state index in [9.17, 15) is 9.59 Å². The van der Waals surface area contributed by atoms with Crippen molar-refractivity contribution in [3.8, 4) is 11.3 Å². The van der Waals surface area contributed by atoms with Crippen molar-refractivity contribution >= 4 is 11.8 Å². The van der Waals surface area contributed by atoms with Gasteiger partial charge in [-0.05, 0) is 49.8 Å². The Hall–Kier alpha value is -2.56. The van der Waals surface area contributed by atoms with Crippen molar-refractivity contribution in [3.05, 3.63) is 48.2 Å². The van der Waals surface area contributed by atoms with Gasteiger partial charge in [0, 0.05) is 18.3 Å². The highest BCUT2D eigenvalue weighted by Gasteiger charge is 2.48. The standard InChI is InChI=1S/C27H37N3O2/c1-20(2)17-18-30-25(31)24-16-15-23(21-11-7-6-8-12-21)29(24)19-27(30,3)26(32)28-22-13-9-4-5-10-14-22/h6-8,11-12,15-16,20,22H,4-5,9-10,13-14,17-19H2,1-3H3,(H,28,32). The Kier molecular flexibility index (Phi) is 6.73. The fourth-order valence-electron chi connectivity index (χ4n) is 5.14. The summed E-state index contributed by atoms with van der Waals surface area (Å²) in [6, 6.07) is 14.3. The second-order valence-corrected chi connectivity index (χ2v) is 10.1. The molecule has 5 nitrogen and oxygen atoms in total. The summed E-state index contributed by atoms with van der Waals surface area (Å²) in [6.07, 6.45) is 7.77. The number of hydrogen-bond donors (Lipinski definition) is 1. The number of rotatable bonds is 6. The lowest BCUT2D eigenvalue weighted by molar-refractivity contribution is -0.133. The summed E-state index contributed by atoms with van der Waals surface area (Å²) in [5.74, 6) is 0.406. The SMILES string of the molecule is CC(C)CCN1C(=O)c2ccc(-c3ccccc3)n2CC1(C)C(=O)NC1CCCCCC1. The first-order chi connectivity index (χ1) is 15.4. The van der Waals surface area contributed by atoms with Gasteiger partial charge in [0.2, 0.25) is 5.91 Å². The molecule has 1 aromatic carbocycles. The van der Waals surface area contributed by atoms with Gasteiger partial charge in [-0.2, -0.15) is 0 Å². The molecule has 0 saturated heterocycles. The minimum Gasteiger partial charge on any atom is -0.351 e. The van der Waals surface area contributed by atoms with Gasteiger partial charge in [0.25, 0.3) is 5.91 Å². The van der Waals surface area contributed by atoms with Crippen molar-refractivity contribution < 1.29 is 9.59 Å². The first-order valence-electron chi connectivity index (χ1n) is 12.3. The van der Waals surface area contributed by atoms with E-state index in [1.165, 1.54) is 12.8 Å². The van der Waals surface area contributed by atoms with Gasteiger partial charge in [0.05, 0.1) is 6.54 Å². The number of fused-ring (bicyclic) bond motifs is 1. The summed E-state index contributed by atoms with van der Waals surface area (Å²) < 4.78 is 2.05. The van der Waals surface area contributed by atoms with Crippen molar-refractivity contribution in [2.24, 2.45) is 5.92 Å². The highest BCUT2D eigenvalue weighted by atomic mass is 16.2. The van der Waals surface area contributed by atoms with Gasteiger partial charge in [-0.15, -0.1) is 0 Å². The fraction of sp³-hybridized carbons (Fsp3) is 0.556. The number of carbonyl (C=O) groups is 2. The van der Waals surface area contributed by atoms with Gasteiger partial charge in [-0.1, -0.05) is 69.9 Å². The molecule has 2 aromatic rings. The van der Waals surface area contributed by atoms with Crippen LogP contribution >= 0.6 is 0 Å². The molecule has 2 heterocycles. The Bertz CT molecular complexity index is 941. The van der Waals surface area contributed by atoms with Crippen molar-refractivity contribution in [2.75, 3.05) is 6.54 Å². The normalized spacial score (nSPS) is 22.0. The van der Waals surface area contributed by atoms with Crippen LogP contribution < -0.4 is 5.32 Å². The van der Waals surface area contributed by atoms with Crippen LogP contribution in [0.2, 0.25) is 0 Å². The lowest BCUT2D eigenvalue weighted by atomic mass is 9.92. The van der Waals surface area contributed by atoms with Crippen LogP contribution in [-0.2, 0) is 11.3 Å². The molecule has 4 rings (SSSR count). The molecule has 1 aliphatic heterocycles. The molecular weight excluding hydrogens is 398 g/mol. The molecule has 0 bridgehead atoms. The van der Waals surface area contributed by atoms with Crippen LogP contribution in [-0.4, -0.2) is 39.4 Å². The van der Waals surface area contributed by atoms with E-state index in [1.54, 1.807) is 0 Å². The Labute approximate surface area is 192 Å². The third-order valence-electron chi connectivity index (χ3n) is 7.19. The number of hydrogen-bond acceptors (Lipinski definition) is 2. The van der Waals surface area contributed by atoms with E-state index >= 15 is 0 Å². The van der Waals surface area contributed by atoms with E-state index in [0.717, 1.165) is 43.4 Å². The van der Waals surface area contributed by atoms with Gasteiger partial charge in [0.1, 0.15) is 11.2 Å². The summed E-state index contributed by atoms with van der Waals surface area (Å²) in [7, 11) is 0. The number of benzene rings is 1. The van der Waals surface area contributed by atoms with Crippen LogP contribution in [0.25, 0.3) is 11.3 Å². The quantitative estimate of drug-likeness (QED) is 0.630. The molecule has 1 atom stereocenters. The third-order valence-corrected chi connectivity index (χ3v) is 7.19. The predicted octanol–water partition coefficient (Wildman–Crippen LogP) is 5.25. The Morgan fingerprint density at radius 1 is 1.03 bits per heavy atom. The highest BCUT2D eigenvalue weighted by molar-refractivity contribution is 6.00. The van der Waals surface area contributed by atoms with Crippen LogP contribution in [0.15, 0.2) is 42.5 Å². The number of carbonyl (C=O) groups excluding carboxylic acids is 2. The molecule has 0 radical (unpaired) electrons.